The van der Waals surface area contributed by atoms with E-state index in [0.29, 0.717) is 13.0 Å². The van der Waals surface area contributed by atoms with Crippen molar-refractivity contribution in [2.75, 3.05) is 26.7 Å². The summed E-state index contributed by atoms with van der Waals surface area (Å²) in [5.74, 6) is 0. The lowest BCUT2D eigenvalue weighted by atomic mass is 9.95. The van der Waals surface area contributed by atoms with Crippen molar-refractivity contribution in [2.24, 2.45) is 0 Å². The minimum atomic E-state index is -4.16. The Morgan fingerprint density at radius 1 is 1.56 bits per heavy atom. The van der Waals surface area contributed by atoms with Crippen LogP contribution in [0.25, 0.3) is 0 Å². The molecule has 1 aliphatic rings. The number of rotatable bonds is 3. The Morgan fingerprint density at radius 2 is 2.28 bits per heavy atom. The molecular weight excluding hydrogens is 283 g/mol. The highest BCUT2D eigenvalue weighted by atomic mass is 32.2. The highest BCUT2D eigenvalue weighted by Gasteiger charge is 2.43. The number of alkyl halides is 3. The molecule has 2 heterocycles. The van der Waals surface area contributed by atoms with E-state index < -0.39 is 18.3 Å². The maximum absolute atomic E-state index is 12.4. The number of halogens is 3. The molecule has 0 aromatic carbocycles. The molecule has 7 heteroatoms. The van der Waals surface area contributed by atoms with Crippen LogP contribution < -0.4 is 0 Å². The monoisotopic (exact) mass is 297 g/mol. The smallest absolute Gasteiger partial charge is 0.372 e. The van der Waals surface area contributed by atoms with Gasteiger partial charge in [0.2, 0.25) is 0 Å². The van der Waals surface area contributed by atoms with Gasteiger partial charge in [-0.15, -0.1) is 24.0 Å². The van der Waals surface area contributed by atoms with Crippen LogP contribution in [0.3, 0.4) is 0 Å². The standard InChI is InChI=1S/C11H14F3NOS2/c1-16-10(8-4-9(17)18-5-8)2-3-15(6-10)7-11(12,13)14/h4-5,17H,2-3,6-7H2,1H3. The van der Waals surface area contributed by atoms with Gasteiger partial charge in [-0.1, -0.05) is 0 Å². The number of methoxy groups -OCH3 is 1. The van der Waals surface area contributed by atoms with Gasteiger partial charge in [-0.25, -0.2) is 0 Å². The van der Waals surface area contributed by atoms with E-state index in [4.69, 9.17) is 4.74 Å². The average molecular weight is 297 g/mol. The van der Waals surface area contributed by atoms with E-state index in [0.717, 1.165) is 9.77 Å². The van der Waals surface area contributed by atoms with E-state index in [1.165, 1.54) is 16.2 Å². The van der Waals surface area contributed by atoms with Gasteiger partial charge in [0.15, 0.2) is 0 Å². The molecule has 18 heavy (non-hydrogen) atoms. The molecule has 2 rings (SSSR count). The molecule has 0 bridgehead atoms. The molecule has 0 radical (unpaired) electrons. The van der Waals surface area contributed by atoms with Gasteiger partial charge in [0.1, 0.15) is 5.60 Å². The van der Waals surface area contributed by atoms with E-state index >= 15 is 0 Å². The fraction of sp³-hybridized carbons (Fsp3) is 0.636. The lowest BCUT2D eigenvalue weighted by molar-refractivity contribution is -0.146. The second-order valence-corrected chi connectivity index (χ2v) is 6.14. The van der Waals surface area contributed by atoms with Crippen molar-refractivity contribution in [1.29, 1.82) is 0 Å². The number of thiophene rings is 1. The number of nitrogens with zero attached hydrogens (tertiary/aromatic N) is 1. The maximum atomic E-state index is 12.4. The Kier molecular flexibility index (Phi) is 3.96. The van der Waals surface area contributed by atoms with E-state index in [2.05, 4.69) is 12.6 Å². The largest absolute Gasteiger partial charge is 0.401 e. The lowest BCUT2D eigenvalue weighted by Crippen LogP contribution is -2.37. The SMILES string of the molecule is COC1(c2csc(S)c2)CCN(CC(F)(F)F)C1. The molecule has 1 fully saturated rings. The maximum Gasteiger partial charge on any atom is 0.401 e. The minimum absolute atomic E-state index is 0.271. The zero-order valence-corrected chi connectivity index (χ0v) is 11.5. The van der Waals surface area contributed by atoms with Crippen LogP contribution in [0.1, 0.15) is 12.0 Å². The third-order valence-corrected chi connectivity index (χ3v) is 4.39. The second kappa shape index (κ2) is 5.03. The van der Waals surface area contributed by atoms with E-state index in [1.807, 2.05) is 11.4 Å². The first-order valence-electron chi connectivity index (χ1n) is 5.47. The highest BCUT2D eigenvalue weighted by molar-refractivity contribution is 7.82. The molecule has 1 aromatic rings. The number of hydrogen-bond acceptors (Lipinski definition) is 4. The quantitative estimate of drug-likeness (QED) is 0.861. The molecule has 2 nitrogen and oxygen atoms in total. The lowest BCUT2D eigenvalue weighted by Gasteiger charge is -2.27. The topological polar surface area (TPSA) is 12.5 Å². The fourth-order valence-electron chi connectivity index (χ4n) is 2.33. The number of ether oxygens (including phenoxy) is 1. The molecule has 0 spiro atoms. The van der Waals surface area contributed by atoms with Crippen molar-refractivity contribution >= 4 is 24.0 Å². The summed E-state index contributed by atoms with van der Waals surface area (Å²) in [7, 11) is 1.55. The summed E-state index contributed by atoms with van der Waals surface area (Å²) in [6.07, 6.45) is -3.59. The van der Waals surface area contributed by atoms with Gasteiger partial charge in [0, 0.05) is 20.2 Å². The summed E-state index contributed by atoms with van der Waals surface area (Å²) in [5.41, 5.74) is 0.299. The van der Waals surface area contributed by atoms with Gasteiger partial charge >= 0.3 is 6.18 Å². The van der Waals surface area contributed by atoms with Gasteiger partial charge in [-0.3, -0.25) is 4.90 Å². The van der Waals surface area contributed by atoms with E-state index in [9.17, 15) is 13.2 Å². The molecule has 0 aliphatic carbocycles. The highest BCUT2D eigenvalue weighted by Crippen LogP contribution is 2.39. The van der Waals surface area contributed by atoms with E-state index in [1.54, 1.807) is 7.11 Å². The number of likely N-dealkylation sites (tertiary alicyclic amines) is 1. The number of hydrogen-bond donors (Lipinski definition) is 1. The molecule has 1 atom stereocenters. The van der Waals surface area contributed by atoms with Crippen LogP contribution in [-0.4, -0.2) is 37.8 Å². The van der Waals surface area contributed by atoms with Crippen LogP contribution in [0.15, 0.2) is 15.7 Å². The Balaban J connectivity index is 2.12. The van der Waals surface area contributed by atoms with E-state index in [-0.39, 0.29) is 6.54 Å². The van der Waals surface area contributed by atoms with Gasteiger partial charge in [0.05, 0.1) is 10.8 Å². The summed E-state index contributed by atoms with van der Waals surface area (Å²) in [6, 6.07) is 1.87. The van der Waals surface area contributed by atoms with Crippen molar-refractivity contribution in [2.45, 2.75) is 22.4 Å². The molecule has 0 N–H and O–H groups in total. The Morgan fingerprint density at radius 3 is 2.78 bits per heavy atom. The summed E-state index contributed by atoms with van der Waals surface area (Å²) in [6.45, 7) is -0.214. The first-order valence-corrected chi connectivity index (χ1v) is 6.79. The molecule has 1 unspecified atom stereocenters. The minimum Gasteiger partial charge on any atom is -0.372 e. The zero-order chi connectivity index (χ0) is 13.4. The molecule has 0 saturated carbocycles. The van der Waals surface area contributed by atoms with Crippen molar-refractivity contribution in [1.82, 2.24) is 4.90 Å². The third-order valence-electron chi connectivity index (χ3n) is 3.22. The fourth-order valence-corrected chi connectivity index (χ4v) is 3.35. The summed E-state index contributed by atoms with van der Waals surface area (Å²) in [5, 5.41) is 1.91. The van der Waals surface area contributed by atoms with Crippen LogP contribution in [0.4, 0.5) is 13.2 Å². The summed E-state index contributed by atoms with van der Waals surface area (Å²) >= 11 is 5.70. The van der Waals surface area contributed by atoms with Crippen LogP contribution in [0, 0.1) is 0 Å². The molecular formula is C11H14F3NOS2. The molecule has 1 aliphatic heterocycles. The first kappa shape index (κ1) is 14.2. The normalized spacial score (nSPS) is 25.8. The first-order chi connectivity index (χ1) is 8.35. The third kappa shape index (κ3) is 3.01. The van der Waals surface area contributed by atoms with Crippen LogP contribution >= 0.6 is 24.0 Å². The van der Waals surface area contributed by atoms with Gasteiger partial charge < -0.3 is 4.74 Å². The van der Waals surface area contributed by atoms with Gasteiger partial charge in [-0.05, 0) is 23.4 Å². The Labute approximate surface area is 113 Å². The van der Waals surface area contributed by atoms with Crippen molar-refractivity contribution in [3.05, 3.63) is 17.0 Å². The van der Waals surface area contributed by atoms with Crippen LogP contribution in [0.5, 0.6) is 0 Å². The van der Waals surface area contributed by atoms with Crippen molar-refractivity contribution in [3.8, 4) is 0 Å². The van der Waals surface area contributed by atoms with Gasteiger partial charge in [-0.2, -0.15) is 13.2 Å². The van der Waals surface area contributed by atoms with Crippen molar-refractivity contribution in [3.63, 3.8) is 0 Å². The Bertz CT molecular complexity index is 421. The van der Waals surface area contributed by atoms with Gasteiger partial charge in [0.25, 0.3) is 0 Å². The predicted octanol–water partition coefficient (Wildman–Crippen LogP) is 3.15. The predicted molar refractivity (Wildman–Crippen MR) is 67.4 cm³/mol. The van der Waals surface area contributed by atoms with Crippen molar-refractivity contribution < 1.29 is 17.9 Å². The molecule has 102 valence electrons. The average Bonchev–Trinajstić information content (AvgIpc) is 2.83. The zero-order valence-electron chi connectivity index (χ0n) is 9.83. The second-order valence-electron chi connectivity index (χ2n) is 4.45. The molecule has 1 saturated heterocycles. The summed E-state index contributed by atoms with van der Waals surface area (Å²) in [4.78, 5) is 1.39. The molecule has 0 amide bonds. The number of thiol groups is 1. The van der Waals surface area contributed by atoms with Crippen LogP contribution in [0.2, 0.25) is 0 Å². The Hall–Kier alpha value is -0.240. The van der Waals surface area contributed by atoms with Crippen LogP contribution in [-0.2, 0) is 10.3 Å². The summed E-state index contributed by atoms with van der Waals surface area (Å²) < 4.78 is 43.5. The molecule has 1 aromatic heterocycles.